The average Bonchev–Trinajstić information content (AvgIpc) is 3.28. The maximum absolute atomic E-state index is 5.63. The number of nitrogens with one attached hydrogen (secondary N) is 1. The molecule has 0 radical (unpaired) electrons. The summed E-state index contributed by atoms with van der Waals surface area (Å²) in [5.41, 5.74) is 6.98. The van der Waals surface area contributed by atoms with Gasteiger partial charge in [0.1, 0.15) is 5.75 Å². The highest BCUT2D eigenvalue weighted by molar-refractivity contribution is 5.82. The van der Waals surface area contributed by atoms with Crippen molar-refractivity contribution in [3.63, 3.8) is 0 Å². The molecule has 7 nitrogen and oxygen atoms in total. The fourth-order valence-corrected chi connectivity index (χ4v) is 3.93. The zero-order chi connectivity index (χ0) is 23.2. The van der Waals surface area contributed by atoms with Crippen molar-refractivity contribution in [3.8, 4) is 17.0 Å². The van der Waals surface area contributed by atoms with Crippen LogP contribution in [0.1, 0.15) is 25.3 Å². The lowest BCUT2D eigenvalue weighted by atomic mass is 10.1. The zero-order valence-corrected chi connectivity index (χ0v) is 19.9. The molecule has 0 aliphatic carbocycles. The second kappa shape index (κ2) is 10.4. The van der Waals surface area contributed by atoms with Crippen molar-refractivity contribution < 1.29 is 4.74 Å². The van der Waals surface area contributed by atoms with Gasteiger partial charge in [-0.3, -0.25) is 9.67 Å². The molecule has 0 fully saturated rings. The van der Waals surface area contributed by atoms with Gasteiger partial charge in [-0.2, -0.15) is 5.10 Å². The Morgan fingerprint density at radius 3 is 2.67 bits per heavy atom. The van der Waals surface area contributed by atoms with E-state index in [1.165, 1.54) is 12.0 Å². The quantitative estimate of drug-likeness (QED) is 0.381. The first-order chi connectivity index (χ1) is 16.1. The van der Waals surface area contributed by atoms with Gasteiger partial charge in [0.05, 0.1) is 36.2 Å². The smallest absolute Gasteiger partial charge is 0.121 e. The molecule has 0 unspecified atom stereocenters. The van der Waals surface area contributed by atoms with Crippen LogP contribution in [0.2, 0.25) is 0 Å². The molecule has 2 aromatic carbocycles. The Kier molecular flexibility index (Phi) is 7.19. The molecule has 0 bridgehead atoms. The summed E-state index contributed by atoms with van der Waals surface area (Å²) in [4.78, 5) is 11.8. The first-order valence-corrected chi connectivity index (χ1v) is 11.5. The molecule has 172 valence electrons. The number of methoxy groups -OCH3 is 1. The van der Waals surface area contributed by atoms with Crippen LogP contribution < -0.4 is 15.0 Å². The van der Waals surface area contributed by atoms with Crippen molar-refractivity contribution in [2.75, 3.05) is 32.1 Å². The number of ether oxygens (including phenoxy) is 1. The highest BCUT2D eigenvalue weighted by atomic mass is 16.5. The van der Waals surface area contributed by atoms with Gasteiger partial charge in [-0.15, -0.1) is 0 Å². The van der Waals surface area contributed by atoms with E-state index in [0.717, 1.165) is 65.3 Å². The molecule has 4 rings (SSSR count). The van der Waals surface area contributed by atoms with Crippen LogP contribution in [0.25, 0.3) is 22.3 Å². The minimum absolute atomic E-state index is 0.817. The van der Waals surface area contributed by atoms with Crippen molar-refractivity contribution in [1.29, 1.82) is 0 Å². The number of hydrogen-bond acceptors (Lipinski definition) is 6. The molecule has 7 heteroatoms. The molecule has 33 heavy (non-hydrogen) atoms. The second-order valence-electron chi connectivity index (χ2n) is 8.23. The predicted molar refractivity (Wildman–Crippen MR) is 134 cm³/mol. The van der Waals surface area contributed by atoms with Crippen molar-refractivity contribution in [1.82, 2.24) is 25.1 Å². The molecule has 1 N–H and O–H groups in total. The molecule has 0 saturated heterocycles. The minimum Gasteiger partial charge on any atom is -0.497 e. The zero-order valence-electron chi connectivity index (χ0n) is 19.9. The van der Waals surface area contributed by atoms with Gasteiger partial charge in [0.25, 0.3) is 0 Å². The van der Waals surface area contributed by atoms with E-state index in [-0.39, 0.29) is 0 Å². The van der Waals surface area contributed by atoms with Crippen LogP contribution in [-0.4, -0.2) is 47.0 Å². The largest absolute Gasteiger partial charge is 0.497 e. The molecule has 0 saturated carbocycles. The van der Waals surface area contributed by atoms with Crippen LogP contribution in [0.3, 0.4) is 0 Å². The van der Waals surface area contributed by atoms with E-state index in [4.69, 9.17) is 9.72 Å². The molecule has 2 heterocycles. The van der Waals surface area contributed by atoms with Crippen molar-refractivity contribution >= 4 is 22.4 Å². The Hall–Kier alpha value is -3.45. The van der Waals surface area contributed by atoms with Gasteiger partial charge in [-0.1, -0.05) is 13.3 Å². The van der Waals surface area contributed by atoms with Gasteiger partial charge in [-0.25, -0.2) is 4.98 Å². The van der Waals surface area contributed by atoms with Gasteiger partial charge in [0, 0.05) is 49.3 Å². The van der Waals surface area contributed by atoms with E-state index in [0.29, 0.717) is 0 Å². The number of benzene rings is 2. The Balaban J connectivity index is 1.75. The van der Waals surface area contributed by atoms with Crippen LogP contribution in [-0.2, 0) is 13.5 Å². The third-order valence-corrected chi connectivity index (χ3v) is 5.74. The van der Waals surface area contributed by atoms with Crippen LogP contribution in [0, 0.1) is 0 Å². The molecule has 0 amide bonds. The number of nitrogens with zero attached hydrogens (tertiary/aromatic N) is 5. The van der Waals surface area contributed by atoms with Crippen molar-refractivity contribution in [2.24, 2.45) is 7.05 Å². The Labute approximate surface area is 195 Å². The van der Waals surface area contributed by atoms with Gasteiger partial charge in [0.2, 0.25) is 0 Å². The fraction of sp³-hybridized carbons (Fsp3) is 0.346. The van der Waals surface area contributed by atoms with E-state index in [9.17, 15) is 0 Å². The van der Waals surface area contributed by atoms with E-state index in [1.807, 2.05) is 32.6 Å². The summed E-state index contributed by atoms with van der Waals surface area (Å²) in [5.74, 6) is 0.882. The maximum atomic E-state index is 5.63. The summed E-state index contributed by atoms with van der Waals surface area (Å²) < 4.78 is 7.40. The molecular weight excluding hydrogens is 412 g/mol. The number of rotatable bonds is 10. The lowest BCUT2D eigenvalue weighted by molar-refractivity contribution is 0.414. The summed E-state index contributed by atoms with van der Waals surface area (Å²) in [7, 11) is 5.60. The van der Waals surface area contributed by atoms with Gasteiger partial charge in [0.15, 0.2) is 0 Å². The third-order valence-electron chi connectivity index (χ3n) is 5.74. The molecule has 0 aliphatic rings. The third kappa shape index (κ3) is 5.31. The molecule has 0 spiro atoms. The SMILES string of the molecule is CCCCc1cc(OC)cc(N(CCNC)c2ccc3ncc(-c4cnn(C)c4)nc3c2)c1. The topological polar surface area (TPSA) is 68.1 Å². The van der Waals surface area contributed by atoms with E-state index >= 15 is 0 Å². The maximum Gasteiger partial charge on any atom is 0.121 e. The fourth-order valence-electron chi connectivity index (χ4n) is 3.93. The monoisotopic (exact) mass is 444 g/mol. The molecule has 4 aromatic rings. The van der Waals surface area contributed by atoms with E-state index < -0.39 is 0 Å². The van der Waals surface area contributed by atoms with Crippen molar-refractivity contribution in [3.05, 3.63) is 60.6 Å². The number of hydrogen-bond donors (Lipinski definition) is 1. The van der Waals surface area contributed by atoms with Crippen LogP contribution >= 0.6 is 0 Å². The summed E-state index contributed by atoms with van der Waals surface area (Å²) >= 11 is 0. The normalized spacial score (nSPS) is 11.2. The highest BCUT2D eigenvalue weighted by Gasteiger charge is 2.14. The first kappa shape index (κ1) is 22.7. The average molecular weight is 445 g/mol. The number of likely N-dealkylation sites (N-methyl/N-ethyl adjacent to an activating group) is 1. The lowest BCUT2D eigenvalue weighted by Gasteiger charge is -2.26. The van der Waals surface area contributed by atoms with E-state index in [1.54, 1.807) is 18.0 Å². The first-order valence-electron chi connectivity index (χ1n) is 11.5. The van der Waals surface area contributed by atoms with Crippen LogP contribution in [0.4, 0.5) is 11.4 Å². The second-order valence-corrected chi connectivity index (χ2v) is 8.23. The minimum atomic E-state index is 0.817. The summed E-state index contributed by atoms with van der Waals surface area (Å²) in [6.07, 6.45) is 8.93. The highest BCUT2D eigenvalue weighted by Crippen LogP contribution is 2.32. The Morgan fingerprint density at radius 2 is 1.94 bits per heavy atom. The summed E-state index contributed by atoms with van der Waals surface area (Å²) in [5, 5.41) is 7.53. The van der Waals surface area contributed by atoms with Crippen molar-refractivity contribution in [2.45, 2.75) is 26.2 Å². The number of aryl methyl sites for hydroxylation is 2. The Morgan fingerprint density at radius 1 is 1.06 bits per heavy atom. The molecule has 0 aliphatic heterocycles. The van der Waals surface area contributed by atoms with Crippen LogP contribution in [0.15, 0.2) is 55.0 Å². The molecule has 0 atom stereocenters. The van der Waals surface area contributed by atoms with Gasteiger partial charge in [-0.05, 0) is 55.8 Å². The van der Waals surface area contributed by atoms with Crippen LogP contribution in [0.5, 0.6) is 5.75 Å². The van der Waals surface area contributed by atoms with Gasteiger partial charge >= 0.3 is 0 Å². The summed E-state index contributed by atoms with van der Waals surface area (Å²) in [6, 6.07) is 12.8. The molecule has 2 aromatic heterocycles. The lowest BCUT2D eigenvalue weighted by Crippen LogP contribution is -2.27. The predicted octanol–water partition coefficient (Wildman–Crippen LogP) is 4.74. The number of fused-ring (bicyclic) bond motifs is 1. The Bertz CT molecular complexity index is 1220. The summed E-state index contributed by atoms with van der Waals surface area (Å²) in [6.45, 7) is 3.88. The number of anilines is 2. The van der Waals surface area contributed by atoms with Gasteiger partial charge < -0.3 is 15.0 Å². The number of unbranched alkanes of at least 4 members (excludes halogenated alkanes) is 1. The number of aromatic nitrogens is 4. The molecular formula is C26H32N6O. The standard InChI is InChI=1S/C26H32N6O/c1-5-6-7-19-12-22(14-23(13-19)33-4)32(11-10-27-2)21-8-9-24-25(15-21)30-26(17-28-24)20-16-29-31(3)18-20/h8-9,12-18,27H,5-7,10-11H2,1-4H3. The van der Waals surface area contributed by atoms with E-state index in [2.05, 4.69) is 57.6 Å².